The second-order valence-corrected chi connectivity index (χ2v) is 11.0. The molecule has 0 aromatic rings. The number of rotatable bonds is 3. The Morgan fingerprint density at radius 2 is 1.88 bits per heavy atom. The van der Waals surface area contributed by atoms with E-state index in [2.05, 4.69) is 20.8 Å². The van der Waals surface area contributed by atoms with Crippen LogP contribution in [0, 0.1) is 51.8 Å². The molecular weight excluding hydrogens is 308 g/mol. The zero-order chi connectivity index (χ0) is 17.6. The van der Waals surface area contributed by atoms with Crippen LogP contribution in [0.2, 0.25) is 0 Å². The quantitative estimate of drug-likeness (QED) is 0.665. The lowest BCUT2D eigenvalue weighted by Crippen LogP contribution is -2.57. The van der Waals surface area contributed by atoms with Crippen LogP contribution < -0.4 is 0 Å². The Balaban J connectivity index is 1.50. The molecule has 5 aliphatic rings. The molecule has 0 aromatic heterocycles. The number of carbonyl (C=O) groups excluding carboxylic acids is 1. The summed E-state index contributed by atoms with van der Waals surface area (Å²) in [6.07, 6.45) is 12.7. The second-order valence-electron chi connectivity index (χ2n) is 11.0. The molecule has 2 unspecified atom stereocenters. The largest absolute Gasteiger partial charge is 0.381 e. The van der Waals surface area contributed by atoms with Crippen LogP contribution in [0.25, 0.3) is 0 Å². The van der Waals surface area contributed by atoms with E-state index in [4.69, 9.17) is 4.74 Å². The lowest BCUT2D eigenvalue weighted by Gasteiger charge is -2.61. The molecule has 0 radical (unpaired) electrons. The standard InChI is InChI=1S/C23H36O2/c1-14(13-24)17-5-6-18-16-11-20(25-4)23-12-15(23)7-10-22(23,3)19(16)8-9-21(17,18)2/h13-20H,5-12H2,1-4H3/t14-,15?,16+,17-,18+,19+,20?,21-,22-,23+/m1/s1. The number of methoxy groups -OCH3 is 1. The molecule has 2 heteroatoms. The molecule has 140 valence electrons. The highest BCUT2D eigenvalue weighted by Crippen LogP contribution is 2.82. The third-order valence-electron chi connectivity index (χ3n) is 10.8. The SMILES string of the molecule is COC1C[C@H]2[C@@H]3CC[C@H]([C@H](C)C=O)[C@@]3(C)CC[C@@H]2[C@@]2(C)CCC3C[C@]312. The number of hydrogen-bond donors (Lipinski definition) is 0. The lowest BCUT2D eigenvalue weighted by atomic mass is 9.45. The summed E-state index contributed by atoms with van der Waals surface area (Å²) >= 11 is 0. The van der Waals surface area contributed by atoms with E-state index >= 15 is 0 Å². The molecule has 2 nitrogen and oxygen atoms in total. The fourth-order valence-electron chi connectivity index (χ4n) is 9.58. The summed E-state index contributed by atoms with van der Waals surface area (Å²) in [5.41, 5.74) is 1.45. The van der Waals surface area contributed by atoms with Crippen LogP contribution in [-0.2, 0) is 9.53 Å². The van der Waals surface area contributed by atoms with Crippen molar-refractivity contribution in [2.45, 2.75) is 78.2 Å². The van der Waals surface area contributed by atoms with E-state index in [0.29, 0.717) is 28.3 Å². The molecule has 5 saturated carbocycles. The van der Waals surface area contributed by atoms with Crippen molar-refractivity contribution in [1.29, 1.82) is 0 Å². The van der Waals surface area contributed by atoms with Crippen LogP contribution in [0.1, 0.15) is 72.1 Å². The Morgan fingerprint density at radius 1 is 1.08 bits per heavy atom. The molecule has 0 heterocycles. The molecule has 0 N–H and O–H groups in total. The molecule has 5 aliphatic carbocycles. The molecule has 0 aliphatic heterocycles. The summed E-state index contributed by atoms with van der Waals surface area (Å²) in [4.78, 5) is 11.5. The second kappa shape index (κ2) is 5.12. The molecule has 0 bridgehead atoms. The summed E-state index contributed by atoms with van der Waals surface area (Å²) in [5, 5.41) is 0. The Labute approximate surface area is 153 Å². The minimum absolute atomic E-state index is 0.231. The zero-order valence-corrected chi connectivity index (χ0v) is 16.6. The number of hydrogen-bond acceptors (Lipinski definition) is 2. The molecule has 5 rings (SSSR count). The van der Waals surface area contributed by atoms with Gasteiger partial charge in [-0.2, -0.15) is 0 Å². The van der Waals surface area contributed by atoms with Gasteiger partial charge in [-0.25, -0.2) is 0 Å². The van der Waals surface area contributed by atoms with Gasteiger partial charge < -0.3 is 9.53 Å². The minimum atomic E-state index is 0.231. The Bertz CT molecular complexity index is 587. The van der Waals surface area contributed by atoms with E-state index < -0.39 is 0 Å². The maximum atomic E-state index is 11.5. The summed E-state index contributed by atoms with van der Waals surface area (Å²) < 4.78 is 6.18. The van der Waals surface area contributed by atoms with Crippen LogP contribution in [0.4, 0.5) is 0 Å². The van der Waals surface area contributed by atoms with Crippen LogP contribution in [0.15, 0.2) is 0 Å². The average molecular weight is 345 g/mol. The predicted molar refractivity (Wildman–Crippen MR) is 99.1 cm³/mol. The maximum absolute atomic E-state index is 11.5. The van der Waals surface area contributed by atoms with Crippen molar-refractivity contribution in [3.05, 3.63) is 0 Å². The van der Waals surface area contributed by atoms with Crippen molar-refractivity contribution in [3.63, 3.8) is 0 Å². The summed E-state index contributed by atoms with van der Waals surface area (Å²) in [6, 6.07) is 0. The Hall–Kier alpha value is -0.370. The summed E-state index contributed by atoms with van der Waals surface area (Å²) in [5.74, 6) is 4.37. The van der Waals surface area contributed by atoms with Gasteiger partial charge in [-0.3, -0.25) is 0 Å². The monoisotopic (exact) mass is 344 g/mol. The zero-order valence-electron chi connectivity index (χ0n) is 16.6. The van der Waals surface area contributed by atoms with Crippen LogP contribution in [0.3, 0.4) is 0 Å². The van der Waals surface area contributed by atoms with Gasteiger partial charge in [0.15, 0.2) is 0 Å². The molecule has 5 fully saturated rings. The molecular formula is C23H36O2. The predicted octanol–water partition coefficient (Wildman–Crippen LogP) is 5.11. The molecule has 10 atom stereocenters. The van der Waals surface area contributed by atoms with Gasteiger partial charge in [0.2, 0.25) is 0 Å². The highest BCUT2D eigenvalue weighted by molar-refractivity contribution is 5.53. The van der Waals surface area contributed by atoms with Gasteiger partial charge in [0.25, 0.3) is 0 Å². The number of ether oxygens (including phenoxy) is 1. The first-order chi connectivity index (χ1) is 11.9. The van der Waals surface area contributed by atoms with Gasteiger partial charge in [0, 0.05) is 18.4 Å². The van der Waals surface area contributed by atoms with Gasteiger partial charge in [0.05, 0.1) is 6.10 Å². The third kappa shape index (κ3) is 1.79. The average Bonchev–Trinajstić information content (AvgIpc) is 3.12. The minimum Gasteiger partial charge on any atom is -0.381 e. The summed E-state index contributed by atoms with van der Waals surface area (Å²) in [7, 11) is 1.97. The van der Waals surface area contributed by atoms with Crippen LogP contribution in [-0.4, -0.2) is 19.5 Å². The van der Waals surface area contributed by atoms with Gasteiger partial charge in [-0.05, 0) is 91.8 Å². The van der Waals surface area contributed by atoms with Crippen molar-refractivity contribution in [1.82, 2.24) is 0 Å². The van der Waals surface area contributed by atoms with Crippen LogP contribution >= 0.6 is 0 Å². The fourth-order valence-corrected chi connectivity index (χ4v) is 9.58. The topological polar surface area (TPSA) is 26.3 Å². The van der Waals surface area contributed by atoms with E-state index in [1.807, 2.05) is 7.11 Å². The highest BCUT2D eigenvalue weighted by Gasteiger charge is 2.77. The van der Waals surface area contributed by atoms with E-state index in [1.165, 1.54) is 57.7 Å². The van der Waals surface area contributed by atoms with Crippen LogP contribution in [0.5, 0.6) is 0 Å². The molecule has 0 amide bonds. The Kier molecular flexibility index (Phi) is 3.43. The smallest absolute Gasteiger partial charge is 0.123 e. The van der Waals surface area contributed by atoms with E-state index in [0.717, 1.165) is 23.7 Å². The van der Waals surface area contributed by atoms with Crippen molar-refractivity contribution in [2.75, 3.05) is 7.11 Å². The highest BCUT2D eigenvalue weighted by atomic mass is 16.5. The summed E-state index contributed by atoms with van der Waals surface area (Å²) in [6.45, 7) is 7.35. The Morgan fingerprint density at radius 3 is 2.56 bits per heavy atom. The normalized spacial score (nSPS) is 60.2. The first-order valence-electron chi connectivity index (χ1n) is 10.9. The molecule has 0 saturated heterocycles. The van der Waals surface area contributed by atoms with E-state index in [-0.39, 0.29) is 5.92 Å². The third-order valence-corrected chi connectivity index (χ3v) is 10.8. The van der Waals surface area contributed by atoms with E-state index in [9.17, 15) is 4.79 Å². The van der Waals surface area contributed by atoms with Crippen molar-refractivity contribution >= 4 is 6.29 Å². The molecule has 1 spiro atoms. The van der Waals surface area contributed by atoms with Crippen molar-refractivity contribution in [3.8, 4) is 0 Å². The molecule has 25 heavy (non-hydrogen) atoms. The van der Waals surface area contributed by atoms with Gasteiger partial charge in [-0.1, -0.05) is 20.8 Å². The van der Waals surface area contributed by atoms with Crippen molar-refractivity contribution < 1.29 is 9.53 Å². The number of carbonyl (C=O) groups is 1. The van der Waals surface area contributed by atoms with Crippen molar-refractivity contribution in [2.24, 2.45) is 51.8 Å². The lowest BCUT2D eigenvalue weighted by molar-refractivity contribution is -0.161. The first-order valence-corrected chi connectivity index (χ1v) is 10.9. The maximum Gasteiger partial charge on any atom is 0.123 e. The van der Waals surface area contributed by atoms with Gasteiger partial charge >= 0.3 is 0 Å². The molecule has 0 aromatic carbocycles. The van der Waals surface area contributed by atoms with Gasteiger partial charge in [0.1, 0.15) is 6.29 Å². The van der Waals surface area contributed by atoms with E-state index in [1.54, 1.807) is 0 Å². The number of fused-ring (bicyclic) bond motifs is 4. The number of aldehydes is 1. The first kappa shape index (κ1) is 16.8. The van der Waals surface area contributed by atoms with Gasteiger partial charge in [-0.15, -0.1) is 0 Å². The fraction of sp³-hybridized carbons (Fsp3) is 0.957.